The molecule has 1 saturated carbocycles. The number of aliphatic hydroxyl groups is 1. The van der Waals surface area contributed by atoms with Crippen molar-refractivity contribution < 1.29 is 19.0 Å². The zero-order chi connectivity index (χ0) is 17.2. The van der Waals surface area contributed by atoms with Crippen molar-refractivity contribution in [2.45, 2.75) is 24.4 Å². The molecule has 0 heterocycles. The normalized spacial score (nSPS) is 16.3. The van der Waals surface area contributed by atoms with Crippen LogP contribution in [0.4, 0.5) is 4.39 Å². The Bertz CT molecular complexity index is 743. The van der Waals surface area contributed by atoms with E-state index in [1.54, 1.807) is 43.5 Å². The van der Waals surface area contributed by atoms with Crippen molar-refractivity contribution in [3.8, 4) is 5.75 Å². The SMILES string of the molecule is COc1cccc(C(O)CNC(=O)C2(c3cccc(F)c3)CC2)c1. The Balaban J connectivity index is 1.65. The number of nitrogens with one attached hydrogen (secondary N) is 1. The predicted molar refractivity (Wildman–Crippen MR) is 88.3 cm³/mol. The van der Waals surface area contributed by atoms with Crippen LogP contribution in [0.15, 0.2) is 48.5 Å². The van der Waals surface area contributed by atoms with Gasteiger partial charge < -0.3 is 15.2 Å². The number of rotatable bonds is 6. The average Bonchev–Trinajstić information content (AvgIpc) is 3.41. The molecule has 2 aromatic carbocycles. The van der Waals surface area contributed by atoms with Crippen LogP contribution in [0.3, 0.4) is 0 Å². The summed E-state index contributed by atoms with van der Waals surface area (Å²) in [5, 5.41) is 13.0. The Labute approximate surface area is 140 Å². The fourth-order valence-electron chi connectivity index (χ4n) is 2.88. The van der Waals surface area contributed by atoms with Gasteiger partial charge in [-0.15, -0.1) is 0 Å². The van der Waals surface area contributed by atoms with Crippen LogP contribution < -0.4 is 10.1 Å². The van der Waals surface area contributed by atoms with Crippen LogP contribution in [-0.2, 0) is 10.2 Å². The lowest BCUT2D eigenvalue weighted by molar-refractivity contribution is -0.124. The molecule has 1 unspecified atom stereocenters. The predicted octanol–water partition coefficient (Wildman–Crippen LogP) is 2.72. The standard InChI is InChI=1S/C19H20FNO3/c1-24-16-7-2-4-13(10-16)17(22)12-21-18(23)19(8-9-19)14-5-3-6-15(20)11-14/h2-7,10-11,17,22H,8-9,12H2,1H3,(H,21,23). The summed E-state index contributed by atoms with van der Waals surface area (Å²) in [6.07, 6.45) is 0.557. The summed E-state index contributed by atoms with van der Waals surface area (Å²) in [5.74, 6) is 0.134. The van der Waals surface area contributed by atoms with Gasteiger partial charge in [0.1, 0.15) is 11.6 Å². The van der Waals surface area contributed by atoms with Gasteiger partial charge in [0.2, 0.25) is 5.91 Å². The monoisotopic (exact) mass is 329 g/mol. The van der Waals surface area contributed by atoms with Crippen molar-refractivity contribution in [1.29, 1.82) is 0 Å². The molecule has 1 atom stereocenters. The maximum absolute atomic E-state index is 13.4. The number of amides is 1. The molecule has 0 aromatic heterocycles. The first kappa shape index (κ1) is 16.5. The number of carbonyl (C=O) groups excluding carboxylic acids is 1. The van der Waals surface area contributed by atoms with Crippen molar-refractivity contribution in [1.82, 2.24) is 5.32 Å². The Morgan fingerprint density at radius 2 is 2.04 bits per heavy atom. The van der Waals surface area contributed by atoms with E-state index in [9.17, 15) is 14.3 Å². The van der Waals surface area contributed by atoms with Crippen molar-refractivity contribution in [3.05, 3.63) is 65.5 Å². The van der Waals surface area contributed by atoms with Crippen LogP contribution in [0.25, 0.3) is 0 Å². The second-order valence-corrected chi connectivity index (χ2v) is 6.09. The number of hydrogen-bond donors (Lipinski definition) is 2. The smallest absolute Gasteiger partial charge is 0.230 e. The summed E-state index contributed by atoms with van der Waals surface area (Å²) in [5.41, 5.74) is 0.706. The van der Waals surface area contributed by atoms with Crippen LogP contribution in [0.1, 0.15) is 30.1 Å². The van der Waals surface area contributed by atoms with E-state index in [0.29, 0.717) is 29.7 Å². The maximum Gasteiger partial charge on any atom is 0.230 e. The van der Waals surface area contributed by atoms with Crippen molar-refractivity contribution in [3.63, 3.8) is 0 Å². The number of benzene rings is 2. The second kappa shape index (κ2) is 6.61. The number of ether oxygens (including phenoxy) is 1. The highest BCUT2D eigenvalue weighted by molar-refractivity contribution is 5.91. The molecule has 4 nitrogen and oxygen atoms in total. The van der Waals surface area contributed by atoms with Crippen LogP contribution in [0, 0.1) is 5.82 Å². The summed E-state index contributed by atoms with van der Waals surface area (Å²) in [6, 6.07) is 13.2. The Morgan fingerprint density at radius 3 is 2.71 bits per heavy atom. The van der Waals surface area contributed by atoms with Gasteiger partial charge >= 0.3 is 0 Å². The molecule has 0 spiro atoms. The number of halogens is 1. The Hall–Kier alpha value is -2.40. The first-order chi connectivity index (χ1) is 11.5. The zero-order valence-electron chi connectivity index (χ0n) is 13.5. The number of aliphatic hydroxyl groups excluding tert-OH is 1. The minimum atomic E-state index is -0.827. The molecular weight excluding hydrogens is 309 g/mol. The fraction of sp³-hybridized carbons (Fsp3) is 0.316. The van der Waals surface area contributed by atoms with Crippen LogP contribution in [0.2, 0.25) is 0 Å². The minimum Gasteiger partial charge on any atom is -0.497 e. The number of hydrogen-bond acceptors (Lipinski definition) is 3. The third kappa shape index (κ3) is 3.26. The molecule has 3 rings (SSSR count). The lowest BCUT2D eigenvalue weighted by atomic mass is 9.94. The molecule has 1 fully saturated rings. The van der Waals surface area contributed by atoms with Gasteiger partial charge in [-0.2, -0.15) is 0 Å². The third-order valence-electron chi connectivity index (χ3n) is 4.50. The largest absolute Gasteiger partial charge is 0.497 e. The molecule has 0 aliphatic heterocycles. The number of carbonyl (C=O) groups is 1. The average molecular weight is 329 g/mol. The van der Waals surface area contributed by atoms with E-state index in [2.05, 4.69) is 5.32 Å². The van der Waals surface area contributed by atoms with Gasteiger partial charge in [0.25, 0.3) is 0 Å². The van der Waals surface area contributed by atoms with E-state index >= 15 is 0 Å². The van der Waals surface area contributed by atoms with E-state index in [-0.39, 0.29) is 18.3 Å². The van der Waals surface area contributed by atoms with Crippen molar-refractivity contribution in [2.24, 2.45) is 0 Å². The first-order valence-corrected chi connectivity index (χ1v) is 7.91. The molecule has 1 amide bonds. The molecule has 24 heavy (non-hydrogen) atoms. The van der Waals surface area contributed by atoms with Crippen LogP contribution in [0.5, 0.6) is 5.75 Å². The molecule has 126 valence electrons. The highest BCUT2D eigenvalue weighted by Crippen LogP contribution is 2.48. The van der Waals surface area contributed by atoms with Crippen LogP contribution >= 0.6 is 0 Å². The molecule has 0 saturated heterocycles. The molecule has 5 heteroatoms. The van der Waals surface area contributed by atoms with Gasteiger partial charge in [0.15, 0.2) is 0 Å². The Kier molecular flexibility index (Phi) is 4.53. The van der Waals surface area contributed by atoms with Crippen molar-refractivity contribution >= 4 is 5.91 Å². The molecule has 0 radical (unpaired) electrons. The molecule has 2 aromatic rings. The van der Waals surface area contributed by atoms with E-state index < -0.39 is 11.5 Å². The topological polar surface area (TPSA) is 58.6 Å². The summed E-state index contributed by atoms with van der Waals surface area (Å²) < 4.78 is 18.5. The third-order valence-corrected chi connectivity index (χ3v) is 4.50. The first-order valence-electron chi connectivity index (χ1n) is 7.91. The summed E-state index contributed by atoms with van der Waals surface area (Å²) in [7, 11) is 1.56. The molecule has 0 bridgehead atoms. The van der Waals surface area contributed by atoms with E-state index in [1.807, 2.05) is 0 Å². The second-order valence-electron chi connectivity index (χ2n) is 6.09. The van der Waals surface area contributed by atoms with Crippen molar-refractivity contribution in [2.75, 3.05) is 13.7 Å². The molecule has 2 N–H and O–H groups in total. The molecule has 1 aliphatic rings. The summed E-state index contributed by atoms with van der Waals surface area (Å²) in [6.45, 7) is 0.100. The highest BCUT2D eigenvalue weighted by Gasteiger charge is 2.51. The van der Waals surface area contributed by atoms with Gasteiger partial charge in [-0.3, -0.25) is 4.79 Å². The van der Waals surface area contributed by atoms with Gasteiger partial charge in [0, 0.05) is 6.54 Å². The zero-order valence-corrected chi connectivity index (χ0v) is 13.5. The maximum atomic E-state index is 13.4. The lowest BCUT2D eigenvalue weighted by Gasteiger charge is -2.18. The summed E-state index contributed by atoms with van der Waals surface area (Å²) in [4.78, 5) is 12.5. The molecule has 1 aliphatic carbocycles. The summed E-state index contributed by atoms with van der Waals surface area (Å²) >= 11 is 0. The fourth-order valence-corrected chi connectivity index (χ4v) is 2.88. The van der Waals surface area contributed by atoms with Gasteiger partial charge in [-0.05, 0) is 48.2 Å². The van der Waals surface area contributed by atoms with Gasteiger partial charge in [-0.1, -0.05) is 24.3 Å². The quantitative estimate of drug-likeness (QED) is 0.857. The number of methoxy groups -OCH3 is 1. The van der Waals surface area contributed by atoms with E-state index in [1.165, 1.54) is 12.1 Å². The van der Waals surface area contributed by atoms with Gasteiger partial charge in [-0.25, -0.2) is 4.39 Å². The highest BCUT2D eigenvalue weighted by atomic mass is 19.1. The Morgan fingerprint density at radius 1 is 1.29 bits per heavy atom. The molecular formula is C19H20FNO3. The lowest BCUT2D eigenvalue weighted by Crippen LogP contribution is -2.37. The van der Waals surface area contributed by atoms with Gasteiger partial charge in [0.05, 0.1) is 18.6 Å². The van der Waals surface area contributed by atoms with E-state index in [0.717, 1.165) is 0 Å². The minimum absolute atomic E-state index is 0.100. The van der Waals surface area contributed by atoms with E-state index in [4.69, 9.17) is 4.74 Å². The van der Waals surface area contributed by atoms with Crippen LogP contribution in [-0.4, -0.2) is 24.7 Å².